The zero-order valence-corrected chi connectivity index (χ0v) is 12.4. The zero-order valence-electron chi connectivity index (χ0n) is 11.6. The fraction of sp³-hybridized carbons (Fsp3) is 0.429. The number of aliphatic carboxylic acids is 1. The van der Waals surface area contributed by atoms with Crippen LogP contribution in [0.25, 0.3) is 11.0 Å². The predicted octanol–water partition coefficient (Wildman–Crippen LogP) is 3.15. The summed E-state index contributed by atoms with van der Waals surface area (Å²) in [6.45, 7) is 6.01. The second-order valence-corrected chi connectivity index (χ2v) is 5.90. The fourth-order valence-corrected chi connectivity index (χ4v) is 2.90. The molecule has 1 heterocycles. The molecule has 4 nitrogen and oxygen atoms in total. The molecule has 0 saturated heterocycles. The highest BCUT2D eigenvalue weighted by atomic mass is 32.2. The Morgan fingerprint density at radius 3 is 2.63 bits per heavy atom. The number of benzene rings is 1. The van der Waals surface area contributed by atoms with E-state index in [-0.39, 0.29) is 0 Å². The largest absolute Gasteiger partial charge is 0.480 e. The number of aromatic nitrogens is 2. The van der Waals surface area contributed by atoms with Crippen LogP contribution in [0.4, 0.5) is 0 Å². The highest BCUT2D eigenvalue weighted by Gasteiger charge is 2.20. The first-order chi connectivity index (χ1) is 8.93. The summed E-state index contributed by atoms with van der Waals surface area (Å²) in [4.78, 5) is 15.7. The average molecular weight is 278 g/mol. The molecule has 0 amide bonds. The van der Waals surface area contributed by atoms with Gasteiger partial charge in [-0.2, -0.15) is 0 Å². The van der Waals surface area contributed by atoms with Crippen molar-refractivity contribution in [2.24, 2.45) is 7.05 Å². The second-order valence-electron chi connectivity index (χ2n) is 4.73. The van der Waals surface area contributed by atoms with Gasteiger partial charge in [-0.1, -0.05) is 18.7 Å². The van der Waals surface area contributed by atoms with E-state index in [2.05, 4.69) is 31.0 Å². The van der Waals surface area contributed by atoms with Gasteiger partial charge >= 0.3 is 5.97 Å². The Morgan fingerprint density at radius 2 is 2.05 bits per heavy atom. The third kappa shape index (κ3) is 2.61. The van der Waals surface area contributed by atoms with Crippen molar-refractivity contribution in [3.8, 4) is 0 Å². The summed E-state index contributed by atoms with van der Waals surface area (Å²) in [6, 6.07) is 4.15. The van der Waals surface area contributed by atoms with Gasteiger partial charge in [-0.3, -0.25) is 4.79 Å². The Labute approximate surface area is 116 Å². The van der Waals surface area contributed by atoms with Crippen molar-refractivity contribution < 1.29 is 9.90 Å². The number of thioether (sulfide) groups is 1. The fourth-order valence-electron chi connectivity index (χ4n) is 1.97. The Bertz CT molecular complexity index is 634. The summed E-state index contributed by atoms with van der Waals surface area (Å²) >= 11 is 1.31. The zero-order chi connectivity index (χ0) is 14.2. The van der Waals surface area contributed by atoms with Crippen LogP contribution in [-0.2, 0) is 11.8 Å². The maximum absolute atomic E-state index is 11.1. The van der Waals surface area contributed by atoms with Crippen LogP contribution < -0.4 is 0 Å². The Kier molecular flexibility index (Phi) is 3.85. The Hall–Kier alpha value is -1.49. The van der Waals surface area contributed by atoms with Gasteiger partial charge < -0.3 is 9.67 Å². The first kappa shape index (κ1) is 13.9. The van der Waals surface area contributed by atoms with E-state index in [9.17, 15) is 4.79 Å². The van der Waals surface area contributed by atoms with Crippen LogP contribution in [0.5, 0.6) is 0 Å². The molecule has 2 rings (SSSR count). The smallest absolute Gasteiger partial charge is 0.317 e. The van der Waals surface area contributed by atoms with Crippen molar-refractivity contribution in [1.29, 1.82) is 0 Å². The predicted molar refractivity (Wildman–Crippen MR) is 77.8 cm³/mol. The van der Waals surface area contributed by atoms with Crippen LogP contribution in [0.3, 0.4) is 0 Å². The van der Waals surface area contributed by atoms with Crippen molar-refractivity contribution in [2.75, 3.05) is 0 Å². The minimum absolute atomic E-state index is 0.447. The first-order valence-corrected chi connectivity index (χ1v) is 7.15. The van der Waals surface area contributed by atoms with Gasteiger partial charge in [0, 0.05) is 7.05 Å². The van der Waals surface area contributed by atoms with Crippen molar-refractivity contribution in [3.05, 3.63) is 23.3 Å². The molecular formula is C14H18N2O2S. The first-order valence-electron chi connectivity index (χ1n) is 6.27. The maximum atomic E-state index is 11.1. The molecule has 0 saturated carbocycles. The SMILES string of the molecule is CCC(Sc1nc2cc(C)c(C)cc2n1C)C(=O)O. The summed E-state index contributed by atoms with van der Waals surface area (Å²) < 4.78 is 1.97. The molecule has 1 atom stereocenters. The van der Waals surface area contributed by atoms with E-state index in [0.717, 1.165) is 16.2 Å². The minimum Gasteiger partial charge on any atom is -0.480 e. The van der Waals surface area contributed by atoms with Gasteiger partial charge in [0.2, 0.25) is 0 Å². The number of aryl methyl sites for hydroxylation is 3. The highest BCUT2D eigenvalue weighted by molar-refractivity contribution is 8.00. The molecule has 1 aromatic heterocycles. The molecule has 0 bridgehead atoms. The highest BCUT2D eigenvalue weighted by Crippen LogP contribution is 2.29. The van der Waals surface area contributed by atoms with Crippen LogP contribution in [0.15, 0.2) is 17.3 Å². The molecule has 0 fully saturated rings. The average Bonchev–Trinajstić information content (AvgIpc) is 2.64. The van der Waals surface area contributed by atoms with Crippen molar-refractivity contribution >= 4 is 28.8 Å². The molecular weight excluding hydrogens is 260 g/mol. The van der Waals surface area contributed by atoms with Gasteiger partial charge in [0.25, 0.3) is 0 Å². The standard InChI is InChI=1S/C14H18N2O2S/c1-5-12(13(17)18)19-14-15-10-6-8(2)9(3)7-11(10)16(14)4/h6-7,12H,5H2,1-4H3,(H,17,18). The number of rotatable bonds is 4. The lowest BCUT2D eigenvalue weighted by Gasteiger charge is -2.08. The number of imidazole rings is 1. The van der Waals surface area contributed by atoms with E-state index in [1.165, 1.54) is 22.9 Å². The molecule has 0 aliphatic heterocycles. The van der Waals surface area contributed by atoms with Gasteiger partial charge in [-0.05, 0) is 43.5 Å². The van der Waals surface area contributed by atoms with E-state index in [1.54, 1.807) is 0 Å². The molecule has 0 radical (unpaired) electrons. The lowest BCUT2D eigenvalue weighted by molar-refractivity contribution is -0.136. The van der Waals surface area contributed by atoms with Gasteiger partial charge in [0.1, 0.15) is 5.25 Å². The van der Waals surface area contributed by atoms with Gasteiger partial charge in [0.05, 0.1) is 11.0 Å². The molecule has 1 aromatic carbocycles. The van der Waals surface area contributed by atoms with E-state index in [0.29, 0.717) is 6.42 Å². The third-order valence-electron chi connectivity index (χ3n) is 3.35. The summed E-state index contributed by atoms with van der Waals surface area (Å²) in [5.74, 6) is -0.785. The molecule has 102 valence electrons. The second kappa shape index (κ2) is 5.25. The number of nitrogens with zero attached hydrogens (tertiary/aromatic N) is 2. The van der Waals surface area contributed by atoms with Crippen LogP contribution in [0.2, 0.25) is 0 Å². The van der Waals surface area contributed by atoms with Crippen LogP contribution in [0.1, 0.15) is 24.5 Å². The number of carboxylic acid groups (broad SMARTS) is 1. The molecule has 0 aliphatic rings. The van der Waals surface area contributed by atoms with Crippen molar-refractivity contribution in [2.45, 2.75) is 37.6 Å². The summed E-state index contributed by atoms with van der Waals surface area (Å²) in [5.41, 5.74) is 4.39. The molecule has 5 heteroatoms. The monoisotopic (exact) mass is 278 g/mol. The number of fused-ring (bicyclic) bond motifs is 1. The molecule has 0 spiro atoms. The van der Waals surface area contributed by atoms with Crippen LogP contribution in [0, 0.1) is 13.8 Å². The van der Waals surface area contributed by atoms with Crippen LogP contribution in [-0.4, -0.2) is 25.9 Å². The van der Waals surface area contributed by atoms with Crippen molar-refractivity contribution in [1.82, 2.24) is 9.55 Å². The topological polar surface area (TPSA) is 55.1 Å². The Balaban J connectivity index is 2.45. The van der Waals surface area contributed by atoms with Gasteiger partial charge in [-0.15, -0.1) is 0 Å². The quantitative estimate of drug-likeness (QED) is 0.873. The lowest BCUT2D eigenvalue weighted by Crippen LogP contribution is -2.15. The third-order valence-corrected chi connectivity index (χ3v) is 4.74. The number of carbonyl (C=O) groups is 1. The van der Waals surface area contributed by atoms with E-state index >= 15 is 0 Å². The Morgan fingerprint density at radius 1 is 1.42 bits per heavy atom. The van der Waals surface area contributed by atoms with Crippen LogP contribution >= 0.6 is 11.8 Å². The normalized spacial score (nSPS) is 12.8. The number of hydrogen-bond acceptors (Lipinski definition) is 3. The number of hydrogen-bond donors (Lipinski definition) is 1. The van der Waals surface area contributed by atoms with E-state index in [1.807, 2.05) is 18.5 Å². The molecule has 19 heavy (non-hydrogen) atoms. The minimum atomic E-state index is -0.785. The number of carboxylic acids is 1. The lowest BCUT2D eigenvalue weighted by atomic mass is 10.1. The molecule has 2 aromatic rings. The summed E-state index contributed by atoms with van der Waals surface area (Å²) in [5, 5.41) is 9.44. The van der Waals surface area contributed by atoms with Crippen molar-refractivity contribution in [3.63, 3.8) is 0 Å². The molecule has 1 unspecified atom stereocenters. The maximum Gasteiger partial charge on any atom is 0.317 e. The van der Waals surface area contributed by atoms with Gasteiger partial charge in [-0.25, -0.2) is 4.98 Å². The molecule has 0 aliphatic carbocycles. The summed E-state index contributed by atoms with van der Waals surface area (Å²) in [7, 11) is 1.93. The van der Waals surface area contributed by atoms with E-state index in [4.69, 9.17) is 5.11 Å². The van der Waals surface area contributed by atoms with E-state index < -0.39 is 11.2 Å². The molecule has 1 N–H and O–H groups in total. The van der Waals surface area contributed by atoms with Gasteiger partial charge in [0.15, 0.2) is 5.16 Å². The summed E-state index contributed by atoms with van der Waals surface area (Å²) in [6.07, 6.45) is 0.585.